The second-order valence-electron chi connectivity index (χ2n) is 1.84. The number of rotatable bonds is 2. The number of aromatic nitrogens is 3. The van der Waals surface area contributed by atoms with E-state index < -0.39 is 5.97 Å². The molecule has 0 aliphatic carbocycles. The van der Waals surface area contributed by atoms with Gasteiger partial charge in [0.25, 0.3) is 0 Å². The van der Waals surface area contributed by atoms with Gasteiger partial charge in [-0.2, -0.15) is 15.6 Å². The molecule has 0 radical (unpaired) electrons. The number of carboxylic acid groups (broad SMARTS) is 1. The summed E-state index contributed by atoms with van der Waals surface area (Å²) >= 11 is 0. The Bertz CT molecular complexity index is 360. The summed E-state index contributed by atoms with van der Waals surface area (Å²) in [7, 11) is 0. The third kappa shape index (κ3) is 1.67. The van der Waals surface area contributed by atoms with Gasteiger partial charge in [-0.15, -0.1) is 5.10 Å². The Kier molecular flexibility index (Phi) is 2.18. The van der Waals surface area contributed by atoms with Crippen LogP contribution in [-0.4, -0.2) is 26.5 Å². The van der Waals surface area contributed by atoms with Crippen LogP contribution in [0, 0.1) is 11.3 Å². The average molecular weight is 164 g/mol. The zero-order chi connectivity index (χ0) is 8.97. The molecule has 60 valence electrons. The molecule has 0 fully saturated rings. The van der Waals surface area contributed by atoms with Crippen LogP contribution in [0.2, 0.25) is 0 Å². The van der Waals surface area contributed by atoms with E-state index in [1.165, 1.54) is 6.08 Å². The first-order chi connectivity index (χ1) is 5.74. The molecule has 0 atom stereocenters. The molecule has 6 heteroatoms. The van der Waals surface area contributed by atoms with Crippen molar-refractivity contribution < 1.29 is 9.90 Å². The van der Waals surface area contributed by atoms with E-state index in [4.69, 9.17) is 10.4 Å². The van der Waals surface area contributed by atoms with Gasteiger partial charge in [0.05, 0.1) is 0 Å². The minimum atomic E-state index is -1.10. The summed E-state index contributed by atoms with van der Waals surface area (Å²) in [4.78, 5) is 10.1. The van der Waals surface area contributed by atoms with Crippen molar-refractivity contribution in [2.75, 3.05) is 0 Å². The third-order valence-electron chi connectivity index (χ3n) is 1.06. The summed E-state index contributed by atoms with van der Waals surface area (Å²) in [6.45, 7) is 0. The van der Waals surface area contributed by atoms with Crippen LogP contribution >= 0.6 is 0 Å². The second kappa shape index (κ2) is 3.30. The Morgan fingerprint density at radius 1 is 1.67 bits per heavy atom. The number of hydrogen-bond donors (Lipinski definition) is 2. The van der Waals surface area contributed by atoms with Crippen LogP contribution in [0.5, 0.6) is 0 Å². The molecule has 1 heterocycles. The van der Waals surface area contributed by atoms with Crippen LogP contribution in [0.1, 0.15) is 11.4 Å². The molecule has 1 rings (SSSR count). The molecule has 0 aromatic carbocycles. The standard InChI is InChI=1S/C6H4N4O2/c7-3-5-4(8-10-9-5)1-2-6(11)12/h1-2H,(H,11,12)(H,8,9,10)/b2-1-. The summed E-state index contributed by atoms with van der Waals surface area (Å²) in [5, 5.41) is 25.9. The zero-order valence-corrected chi connectivity index (χ0v) is 5.85. The number of nitrogens with zero attached hydrogens (tertiary/aromatic N) is 3. The summed E-state index contributed by atoms with van der Waals surface area (Å²) in [6.07, 6.45) is 2.09. The fraction of sp³-hybridized carbons (Fsp3) is 0. The maximum absolute atomic E-state index is 10.1. The van der Waals surface area contributed by atoms with Crippen molar-refractivity contribution in [1.82, 2.24) is 15.4 Å². The molecule has 12 heavy (non-hydrogen) atoms. The van der Waals surface area contributed by atoms with Gasteiger partial charge in [0.1, 0.15) is 11.8 Å². The van der Waals surface area contributed by atoms with E-state index in [-0.39, 0.29) is 11.4 Å². The van der Waals surface area contributed by atoms with Crippen molar-refractivity contribution in [3.05, 3.63) is 17.5 Å². The number of carbonyl (C=O) groups is 1. The molecular formula is C6H4N4O2. The second-order valence-corrected chi connectivity index (χ2v) is 1.84. The molecule has 0 saturated heterocycles. The number of aliphatic carboxylic acids is 1. The highest BCUT2D eigenvalue weighted by Gasteiger charge is 2.02. The van der Waals surface area contributed by atoms with Crippen molar-refractivity contribution >= 4 is 12.0 Å². The van der Waals surface area contributed by atoms with Gasteiger partial charge in [0.15, 0.2) is 5.69 Å². The first-order valence-electron chi connectivity index (χ1n) is 2.96. The Balaban J connectivity index is 2.90. The number of carboxylic acids is 1. The highest BCUT2D eigenvalue weighted by atomic mass is 16.4. The van der Waals surface area contributed by atoms with Gasteiger partial charge in [-0.1, -0.05) is 0 Å². The van der Waals surface area contributed by atoms with E-state index in [2.05, 4.69) is 15.4 Å². The molecule has 0 amide bonds. The van der Waals surface area contributed by atoms with Gasteiger partial charge in [-0.3, -0.25) is 0 Å². The predicted molar refractivity (Wildman–Crippen MR) is 37.8 cm³/mol. The molecule has 0 aliphatic rings. The van der Waals surface area contributed by atoms with Crippen LogP contribution in [0.3, 0.4) is 0 Å². The number of nitrogens with one attached hydrogen (secondary N) is 1. The molecular weight excluding hydrogens is 160 g/mol. The zero-order valence-electron chi connectivity index (χ0n) is 5.85. The van der Waals surface area contributed by atoms with E-state index in [0.717, 1.165) is 6.08 Å². The van der Waals surface area contributed by atoms with Gasteiger partial charge < -0.3 is 5.11 Å². The van der Waals surface area contributed by atoms with Gasteiger partial charge in [0.2, 0.25) is 0 Å². The first-order valence-corrected chi connectivity index (χ1v) is 2.96. The highest BCUT2D eigenvalue weighted by molar-refractivity contribution is 5.85. The Labute approximate surface area is 67.1 Å². The minimum Gasteiger partial charge on any atom is -0.478 e. The third-order valence-corrected chi connectivity index (χ3v) is 1.06. The molecule has 0 saturated carbocycles. The van der Waals surface area contributed by atoms with Gasteiger partial charge in [-0.25, -0.2) is 4.79 Å². The SMILES string of the molecule is N#Cc1n[nH]nc1/C=C\C(=O)O. The van der Waals surface area contributed by atoms with Crippen molar-refractivity contribution in [2.45, 2.75) is 0 Å². The lowest BCUT2D eigenvalue weighted by Gasteiger charge is -1.80. The van der Waals surface area contributed by atoms with Gasteiger partial charge in [0, 0.05) is 6.08 Å². The maximum atomic E-state index is 10.1. The van der Waals surface area contributed by atoms with Crippen LogP contribution in [0.15, 0.2) is 6.08 Å². The van der Waals surface area contributed by atoms with Crippen LogP contribution in [0.25, 0.3) is 6.08 Å². The Morgan fingerprint density at radius 2 is 2.42 bits per heavy atom. The van der Waals surface area contributed by atoms with E-state index >= 15 is 0 Å². The lowest BCUT2D eigenvalue weighted by atomic mass is 10.3. The van der Waals surface area contributed by atoms with E-state index in [9.17, 15) is 4.79 Å². The number of hydrogen-bond acceptors (Lipinski definition) is 4. The fourth-order valence-corrected chi connectivity index (χ4v) is 0.588. The number of H-pyrrole nitrogens is 1. The van der Waals surface area contributed by atoms with Crippen molar-refractivity contribution in [2.24, 2.45) is 0 Å². The van der Waals surface area contributed by atoms with Gasteiger partial charge in [-0.05, 0) is 6.08 Å². The van der Waals surface area contributed by atoms with E-state index in [0.29, 0.717) is 0 Å². The molecule has 0 unspecified atom stereocenters. The molecule has 2 N–H and O–H groups in total. The van der Waals surface area contributed by atoms with Crippen molar-refractivity contribution in [3.63, 3.8) is 0 Å². The monoisotopic (exact) mass is 164 g/mol. The molecule has 1 aromatic rings. The highest BCUT2D eigenvalue weighted by Crippen LogP contribution is 2.00. The quantitative estimate of drug-likeness (QED) is 0.588. The topological polar surface area (TPSA) is 103 Å². The summed E-state index contributed by atoms with van der Waals surface area (Å²) in [6, 6.07) is 1.75. The fourth-order valence-electron chi connectivity index (χ4n) is 0.588. The summed E-state index contributed by atoms with van der Waals surface area (Å²) in [5.74, 6) is -1.10. The lowest BCUT2D eigenvalue weighted by molar-refractivity contribution is -0.131. The van der Waals surface area contributed by atoms with E-state index in [1.807, 2.05) is 0 Å². The number of nitriles is 1. The largest absolute Gasteiger partial charge is 0.478 e. The summed E-state index contributed by atoms with van der Waals surface area (Å²) < 4.78 is 0. The molecule has 6 nitrogen and oxygen atoms in total. The van der Waals surface area contributed by atoms with Gasteiger partial charge >= 0.3 is 5.97 Å². The van der Waals surface area contributed by atoms with Crippen LogP contribution in [0.4, 0.5) is 0 Å². The van der Waals surface area contributed by atoms with Crippen molar-refractivity contribution in [3.8, 4) is 6.07 Å². The molecule has 0 spiro atoms. The average Bonchev–Trinajstić information content (AvgIpc) is 2.47. The Morgan fingerprint density at radius 3 is 3.00 bits per heavy atom. The maximum Gasteiger partial charge on any atom is 0.328 e. The summed E-state index contributed by atoms with van der Waals surface area (Å²) in [5.41, 5.74) is 0.299. The minimum absolute atomic E-state index is 0.0764. The lowest BCUT2D eigenvalue weighted by Crippen LogP contribution is -1.86. The molecule has 0 aliphatic heterocycles. The van der Waals surface area contributed by atoms with Crippen LogP contribution in [-0.2, 0) is 4.79 Å². The predicted octanol–water partition coefficient (Wildman–Crippen LogP) is -0.226. The Hall–Kier alpha value is -2.16. The number of aromatic amines is 1. The van der Waals surface area contributed by atoms with Crippen LogP contribution < -0.4 is 0 Å². The normalized spacial score (nSPS) is 9.92. The van der Waals surface area contributed by atoms with E-state index in [1.54, 1.807) is 6.07 Å². The smallest absolute Gasteiger partial charge is 0.328 e. The molecule has 0 bridgehead atoms. The first kappa shape index (κ1) is 7.94. The molecule has 1 aromatic heterocycles. The van der Waals surface area contributed by atoms with Crippen molar-refractivity contribution in [1.29, 1.82) is 5.26 Å².